The summed E-state index contributed by atoms with van der Waals surface area (Å²) >= 11 is 18.2. The van der Waals surface area contributed by atoms with Crippen molar-refractivity contribution in [1.29, 1.82) is 0 Å². The first-order chi connectivity index (χ1) is 17.7. The number of alkyl halides is 3. The molecule has 5 rings (SSSR count). The summed E-state index contributed by atoms with van der Waals surface area (Å²) in [5.41, 5.74) is 0.526. The van der Waals surface area contributed by atoms with Crippen LogP contribution in [0.15, 0.2) is 35.6 Å². The van der Waals surface area contributed by atoms with Gasteiger partial charge in [-0.1, -0.05) is 40.0 Å². The molecule has 0 unspecified atom stereocenters. The lowest BCUT2D eigenvalue weighted by atomic mass is 9.91. The zero-order valence-electron chi connectivity index (χ0n) is 19.2. The van der Waals surface area contributed by atoms with E-state index in [1.165, 1.54) is 32.2 Å². The number of amides is 4. The number of nitrogens with one attached hydrogen (secondary N) is 2. The van der Waals surface area contributed by atoms with Crippen LogP contribution in [0.25, 0.3) is 0 Å². The zero-order chi connectivity index (χ0) is 27.7. The van der Waals surface area contributed by atoms with Crippen molar-refractivity contribution in [2.24, 2.45) is 11.1 Å². The first-order valence-corrected chi connectivity index (χ1v) is 11.8. The van der Waals surface area contributed by atoms with Crippen LogP contribution in [0, 0.1) is 5.92 Å². The molecule has 1 aromatic carbocycles. The van der Waals surface area contributed by atoms with E-state index in [-0.39, 0.29) is 22.2 Å². The SMILES string of the molecule is CN(c1ncc(C(F)(F)F)cc1Cl)N1C(=O)[C@@H]2C([C@]3(C)NC(=O)N(c4ccc(Cl)cc4Cl)N3)=NO[C@H]2C1=O. The van der Waals surface area contributed by atoms with Gasteiger partial charge in [-0.25, -0.2) is 14.8 Å². The van der Waals surface area contributed by atoms with Crippen molar-refractivity contribution < 1.29 is 32.4 Å². The van der Waals surface area contributed by atoms with E-state index in [0.29, 0.717) is 22.3 Å². The lowest BCUT2D eigenvalue weighted by molar-refractivity contribution is -0.143. The first-order valence-electron chi connectivity index (χ1n) is 10.7. The second-order valence-corrected chi connectivity index (χ2v) is 9.87. The van der Waals surface area contributed by atoms with Gasteiger partial charge in [-0.15, -0.1) is 0 Å². The number of oxime groups is 1. The number of pyridine rings is 1. The Labute approximate surface area is 227 Å². The number of carbonyl (C=O) groups excluding carboxylic acids is 3. The number of hydrazine groups is 2. The molecule has 200 valence electrons. The number of nitrogens with zero attached hydrogens (tertiary/aromatic N) is 5. The van der Waals surface area contributed by atoms with Crippen LogP contribution in [-0.4, -0.2) is 52.4 Å². The fourth-order valence-electron chi connectivity index (χ4n) is 4.31. The van der Waals surface area contributed by atoms with E-state index in [1.54, 1.807) is 0 Å². The first kappa shape index (κ1) is 26.3. The number of hydrogen-bond acceptors (Lipinski definition) is 8. The number of aromatic nitrogens is 1. The standard InChI is InChI=1S/C21H15Cl3F3N7O4/c1-20(29-19(37)33(31-20)12-4-3-9(22)6-10(12)23)15-13-14(38-30-15)18(36)34(17(13)35)32(2)16-11(24)5-8(7-28-16)21(25,26)27/h3-7,13-14,31H,1-2H3,(H,29,37)/t13-,14+,20+/m0/s1. The van der Waals surface area contributed by atoms with Gasteiger partial charge in [-0.2, -0.15) is 23.6 Å². The molecule has 0 bridgehead atoms. The molecule has 1 aromatic heterocycles. The highest BCUT2D eigenvalue weighted by Crippen LogP contribution is 2.39. The highest BCUT2D eigenvalue weighted by molar-refractivity contribution is 6.37. The van der Waals surface area contributed by atoms with Gasteiger partial charge in [0.15, 0.2) is 11.5 Å². The van der Waals surface area contributed by atoms with E-state index in [4.69, 9.17) is 39.6 Å². The molecule has 0 spiro atoms. The number of rotatable bonds is 4. The molecular formula is C21H15Cl3F3N7O4. The Morgan fingerprint density at radius 3 is 2.45 bits per heavy atom. The fourth-order valence-corrected chi connectivity index (χ4v) is 5.09. The molecule has 3 atom stereocenters. The second kappa shape index (κ2) is 8.86. The Kier molecular flexibility index (Phi) is 6.13. The number of anilines is 2. The molecule has 38 heavy (non-hydrogen) atoms. The number of imide groups is 1. The van der Waals surface area contributed by atoms with Crippen molar-refractivity contribution in [2.45, 2.75) is 24.9 Å². The Morgan fingerprint density at radius 2 is 1.82 bits per heavy atom. The number of urea groups is 1. The summed E-state index contributed by atoms with van der Waals surface area (Å²) in [5.74, 6) is -3.24. The second-order valence-electron chi connectivity index (χ2n) is 8.62. The maximum Gasteiger partial charge on any atom is 0.417 e. The zero-order valence-corrected chi connectivity index (χ0v) is 21.4. The van der Waals surface area contributed by atoms with Gasteiger partial charge in [-0.3, -0.25) is 14.6 Å². The number of halogens is 6. The number of hydrogen-bond donors (Lipinski definition) is 2. The normalized spacial score (nSPS) is 24.9. The van der Waals surface area contributed by atoms with Gasteiger partial charge in [-0.05, 0) is 31.2 Å². The topological polar surface area (TPSA) is 119 Å². The molecule has 11 nitrogen and oxygen atoms in total. The molecule has 2 aromatic rings. The summed E-state index contributed by atoms with van der Waals surface area (Å²) in [6.07, 6.45) is -5.55. The van der Waals surface area contributed by atoms with Gasteiger partial charge in [0.1, 0.15) is 11.6 Å². The summed E-state index contributed by atoms with van der Waals surface area (Å²) in [6.45, 7) is 1.50. The molecule has 17 heteroatoms. The molecule has 4 heterocycles. The third-order valence-corrected chi connectivity index (χ3v) is 6.92. The average Bonchev–Trinajstić information content (AvgIpc) is 3.46. The van der Waals surface area contributed by atoms with Crippen LogP contribution in [0.1, 0.15) is 12.5 Å². The van der Waals surface area contributed by atoms with Crippen LogP contribution in [0.4, 0.5) is 29.5 Å². The monoisotopic (exact) mass is 591 g/mol. The lowest BCUT2D eigenvalue weighted by Crippen LogP contribution is -2.58. The minimum absolute atomic E-state index is 0.0239. The number of carbonyl (C=O) groups is 3. The van der Waals surface area contributed by atoms with Crippen LogP contribution < -0.4 is 20.8 Å². The minimum atomic E-state index is -4.69. The van der Waals surface area contributed by atoms with Gasteiger partial charge in [0.05, 0.1) is 21.3 Å². The molecule has 0 radical (unpaired) electrons. The summed E-state index contributed by atoms with van der Waals surface area (Å²) in [7, 11) is 1.23. The summed E-state index contributed by atoms with van der Waals surface area (Å²) in [6, 6.07) is 4.44. The van der Waals surface area contributed by atoms with Crippen molar-refractivity contribution >= 4 is 69.9 Å². The van der Waals surface area contributed by atoms with Gasteiger partial charge >= 0.3 is 12.2 Å². The molecule has 2 saturated heterocycles. The van der Waals surface area contributed by atoms with E-state index < -0.39 is 52.3 Å². The third-order valence-electron chi connectivity index (χ3n) is 6.10. The van der Waals surface area contributed by atoms with Crippen molar-refractivity contribution in [1.82, 2.24) is 20.7 Å². The van der Waals surface area contributed by atoms with Crippen LogP contribution in [0.5, 0.6) is 0 Å². The van der Waals surface area contributed by atoms with Gasteiger partial charge in [0.25, 0.3) is 11.8 Å². The Bertz CT molecular complexity index is 1420. The Morgan fingerprint density at radius 1 is 1.11 bits per heavy atom. The quantitative estimate of drug-likeness (QED) is 0.521. The highest BCUT2D eigenvalue weighted by atomic mass is 35.5. The summed E-state index contributed by atoms with van der Waals surface area (Å²) in [5, 5.41) is 9.29. The van der Waals surface area contributed by atoms with Crippen molar-refractivity contribution in [3.8, 4) is 0 Å². The molecule has 2 fully saturated rings. The lowest BCUT2D eigenvalue weighted by Gasteiger charge is -2.29. The summed E-state index contributed by atoms with van der Waals surface area (Å²) < 4.78 is 39.0. The average molecular weight is 593 g/mol. The molecular weight excluding hydrogens is 578 g/mol. The van der Waals surface area contributed by atoms with Crippen LogP contribution in [-0.2, 0) is 20.6 Å². The molecule has 3 aliphatic heterocycles. The molecule has 3 aliphatic rings. The van der Waals surface area contributed by atoms with Crippen molar-refractivity contribution in [3.05, 3.63) is 51.1 Å². The maximum atomic E-state index is 13.4. The minimum Gasteiger partial charge on any atom is -0.381 e. The molecule has 0 saturated carbocycles. The van der Waals surface area contributed by atoms with E-state index >= 15 is 0 Å². The van der Waals surface area contributed by atoms with Gasteiger partial charge in [0.2, 0.25) is 6.10 Å². The molecule has 2 N–H and O–H groups in total. The smallest absolute Gasteiger partial charge is 0.381 e. The number of benzene rings is 1. The van der Waals surface area contributed by atoms with Crippen molar-refractivity contribution in [3.63, 3.8) is 0 Å². The Balaban J connectivity index is 1.41. The molecule has 0 aliphatic carbocycles. The summed E-state index contributed by atoms with van der Waals surface area (Å²) in [4.78, 5) is 48.3. The van der Waals surface area contributed by atoms with E-state index in [1.807, 2.05) is 0 Å². The van der Waals surface area contributed by atoms with Gasteiger partial charge < -0.3 is 10.2 Å². The van der Waals surface area contributed by atoms with Crippen LogP contribution >= 0.6 is 34.8 Å². The largest absolute Gasteiger partial charge is 0.417 e. The van der Waals surface area contributed by atoms with E-state index in [0.717, 1.165) is 10.0 Å². The third kappa shape index (κ3) is 4.08. The van der Waals surface area contributed by atoms with Crippen molar-refractivity contribution in [2.75, 3.05) is 17.1 Å². The van der Waals surface area contributed by atoms with Gasteiger partial charge in [0, 0.05) is 18.3 Å². The fraction of sp³-hybridized carbons (Fsp3) is 0.286. The maximum absolute atomic E-state index is 13.4. The number of fused-ring (bicyclic) bond motifs is 1. The molecule has 4 amide bonds. The highest BCUT2D eigenvalue weighted by Gasteiger charge is 2.62. The van der Waals surface area contributed by atoms with Crippen LogP contribution in [0.3, 0.4) is 0 Å². The van der Waals surface area contributed by atoms with Crippen LogP contribution in [0.2, 0.25) is 15.1 Å². The van der Waals surface area contributed by atoms with E-state index in [9.17, 15) is 27.6 Å². The predicted molar refractivity (Wildman–Crippen MR) is 129 cm³/mol. The predicted octanol–water partition coefficient (Wildman–Crippen LogP) is 3.60. The Hall–Kier alpha value is -3.33. The van der Waals surface area contributed by atoms with E-state index in [2.05, 4.69) is 20.9 Å².